The van der Waals surface area contributed by atoms with Gasteiger partial charge < -0.3 is 10.6 Å². The summed E-state index contributed by atoms with van der Waals surface area (Å²) in [5.74, 6) is 0.353. The Balaban J connectivity index is 0.00000264. The molecule has 9 heteroatoms. The van der Waals surface area contributed by atoms with Gasteiger partial charge in [-0.05, 0) is 45.7 Å². The average Bonchev–Trinajstić information content (AvgIpc) is 3.06. The van der Waals surface area contributed by atoms with Crippen LogP contribution in [0.5, 0.6) is 0 Å². The fourth-order valence-electron chi connectivity index (χ4n) is 2.45. The van der Waals surface area contributed by atoms with Crippen molar-refractivity contribution in [2.45, 2.75) is 44.8 Å². The van der Waals surface area contributed by atoms with Crippen LogP contribution in [-0.4, -0.2) is 24.0 Å². The molecule has 1 unspecified atom stereocenters. The third kappa shape index (κ3) is 5.61. The van der Waals surface area contributed by atoms with Crippen molar-refractivity contribution in [2.24, 2.45) is 5.92 Å². The standard InChI is InChI=1S/C14H20F3N3OS.ClH/c1-13(2,12-19-10(8-22-12)14(15,16)17)20-11(21)4-3-9-5-6-18-7-9;/h8-9,18H,3-7H2,1-2H3,(H,20,21);1H. The third-order valence-electron chi connectivity index (χ3n) is 3.72. The highest BCUT2D eigenvalue weighted by Crippen LogP contribution is 2.33. The maximum Gasteiger partial charge on any atom is 0.434 e. The molecule has 0 spiro atoms. The average molecular weight is 372 g/mol. The van der Waals surface area contributed by atoms with E-state index >= 15 is 0 Å². The molecule has 1 aromatic heterocycles. The van der Waals surface area contributed by atoms with Gasteiger partial charge in [0.2, 0.25) is 5.91 Å². The number of rotatable bonds is 5. The Bertz CT molecular complexity index is 528. The second-order valence-corrected chi connectivity index (χ2v) is 6.96. The van der Waals surface area contributed by atoms with Crippen molar-refractivity contribution >= 4 is 29.7 Å². The van der Waals surface area contributed by atoms with E-state index in [1.807, 2.05) is 0 Å². The van der Waals surface area contributed by atoms with Crippen molar-refractivity contribution in [3.05, 3.63) is 16.1 Å². The Morgan fingerprint density at radius 1 is 1.48 bits per heavy atom. The molecular formula is C14H21ClF3N3OS. The molecule has 132 valence electrons. The van der Waals surface area contributed by atoms with E-state index in [4.69, 9.17) is 0 Å². The summed E-state index contributed by atoms with van der Waals surface area (Å²) in [6.45, 7) is 5.25. The number of thiazole rings is 1. The van der Waals surface area contributed by atoms with Crippen LogP contribution in [-0.2, 0) is 16.5 Å². The highest BCUT2D eigenvalue weighted by molar-refractivity contribution is 7.09. The lowest BCUT2D eigenvalue weighted by molar-refractivity contribution is -0.140. The van der Waals surface area contributed by atoms with Crippen LogP contribution in [0, 0.1) is 5.92 Å². The van der Waals surface area contributed by atoms with Crippen LogP contribution in [0.2, 0.25) is 0 Å². The van der Waals surface area contributed by atoms with E-state index in [1.165, 1.54) is 0 Å². The summed E-state index contributed by atoms with van der Waals surface area (Å²) in [5, 5.41) is 7.26. The number of carbonyl (C=O) groups is 1. The second kappa shape index (κ2) is 7.81. The molecule has 1 fully saturated rings. The highest BCUT2D eigenvalue weighted by Gasteiger charge is 2.36. The van der Waals surface area contributed by atoms with E-state index in [-0.39, 0.29) is 23.3 Å². The molecule has 4 nitrogen and oxygen atoms in total. The number of alkyl halides is 3. The first-order valence-corrected chi connectivity index (χ1v) is 8.11. The lowest BCUT2D eigenvalue weighted by Crippen LogP contribution is -2.41. The molecule has 0 aromatic carbocycles. The van der Waals surface area contributed by atoms with Gasteiger partial charge in [0.1, 0.15) is 5.01 Å². The molecule has 0 saturated carbocycles. The Hall–Kier alpha value is -0.860. The van der Waals surface area contributed by atoms with Crippen molar-refractivity contribution in [1.82, 2.24) is 15.6 Å². The zero-order valence-corrected chi connectivity index (χ0v) is 14.6. The minimum absolute atomic E-state index is 0. The Morgan fingerprint density at radius 2 is 2.17 bits per heavy atom. The summed E-state index contributed by atoms with van der Waals surface area (Å²) in [7, 11) is 0. The number of carbonyl (C=O) groups excluding carboxylic acids is 1. The molecule has 0 aliphatic carbocycles. The first kappa shape index (κ1) is 20.2. The summed E-state index contributed by atoms with van der Waals surface area (Å²) in [6.07, 6.45) is -2.21. The van der Waals surface area contributed by atoms with Gasteiger partial charge in [0.05, 0.1) is 5.54 Å². The van der Waals surface area contributed by atoms with E-state index in [1.54, 1.807) is 13.8 Å². The van der Waals surface area contributed by atoms with E-state index in [9.17, 15) is 18.0 Å². The second-order valence-electron chi connectivity index (χ2n) is 6.11. The molecule has 1 amide bonds. The number of hydrogen-bond acceptors (Lipinski definition) is 4. The minimum atomic E-state index is -4.45. The Labute approximate surface area is 143 Å². The molecule has 1 aliphatic rings. The van der Waals surface area contributed by atoms with Gasteiger partial charge in [-0.15, -0.1) is 23.7 Å². The predicted octanol–water partition coefficient (Wildman–Crippen LogP) is 3.32. The lowest BCUT2D eigenvalue weighted by atomic mass is 10.0. The van der Waals surface area contributed by atoms with Crippen molar-refractivity contribution in [1.29, 1.82) is 0 Å². The Kier molecular flexibility index (Phi) is 6.85. The number of aromatic nitrogens is 1. The zero-order chi connectivity index (χ0) is 16.4. The third-order valence-corrected chi connectivity index (χ3v) is 4.89. The molecule has 0 radical (unpaired) electrons. The molecule has 23 heavy (non-hydrogen) atoms. The maximum atomic E-state index is 12.6. The SMILES string of the molecule is CC(C)(NC(=O)CCC1CCNC1)c1nc(C(F)(F)F)cs1.Cl. The maximum absolute atomic E-state index is 12.6. The van der Waals surface area contributed by atoms with Gasteiger partial charge in [0.25, 0.3) is 0 Å². The van der Waals surface area contributed by atoms with Gasteiger partial charge in [-0.2, -0.15) is 13.2 Å². The highest BCUT2D eigenvalue weighted by atomic mass is 35.5. The summed E-state index contributed by atoms with van der Waals surface area (Å²) < 4.78 is 37.8. The van der Waals surface area contributed by atoms with Crippen LogP contribution in [0.15, 0.2) is 5.38 Å². The van der Waals surface area contributed by atoms with Crippen molar-refractivity contribution in [2.75, 3.05) is 13.1 Å². The number of halogens is 4. The van der Waals surface area contributed by atoms with Crippen LogP contribution in [0.3, 0.4) is 0 Å². The Morgan fingerprint density at radius 3 is 2.70 bits per heavy atom. The van der Waals surface area contributed by atoms with Crippen molar-refractivity contribution in [3.63, 3.8) is 0 Å². The molecule has 1 aromatic rings. The van der Waals surface area contributed by atoms with Crippen molar-refractivity contribution < 1.29 is 18.0 Å². The van der Waals surface area contributed by atoms with Gasteiger partial charge in [-0.3, -0.25) is 4.79 Å². The topological polar surface area (TPSA) is 54.0 Å². The van der Waals surface area contributed by atoms with Crippen LogP contribution in [0.1, 0.15) is 43.8 Å². The quantitative estimate of drug-likeness (QED) is 0.834. The van der Waals surface area contributed by atoms with Gasteiger partial charge in [-0.1, -0.05) is 0 Å². The number of amides is 1. The largest absolute Gasteiger partial charge is 0.434 e. The van der Waals surface area contributed by atoms with Crippen molar-refractivity contribution in [3.8, 4) is 0 Å². The molecule has 2 N–H and O–H groups in total. The van der Waals surface area contributed by atoms with Gasteiger partial charge >= 0.3 is 6.18 Å². The number of nitrogens with zero attached hydrogens (tertiary/aromatic N) is 1. The van der Waals surface area contributed by atoms with Crippen LogP contribution < -0.4 is 10.6 Å². The monoisotopic (exact) mass is 371 g/mol. The summed E-state index contributed by atoms with van der Waals surface area (Å²) in [5.41, 5.74) is -1.81. The molecule has 2 heterocycles. The molecule has 1 atom stereocenters. The van der Waals surface area contributed by atoms with Crippen LogP contribution in [0.25, 0.3) is 0 Å². The zero-order valence-electron chi connectivity index (χ0n) is 13.0. The molecule has 1 aliphatic heterocycles. The van der Waals surface area contributed by atoms with Crippen LogP contribution in [0.4, 0.5) is 13.2 Å². The summed E-state index contributed by atoms with van der Waals surface area (Å²) in [4.78, 5) is 15.6. The van der Waals surface area contributed by atoms with Crippen LogP contribution >= 0.6 is 23.7 Å². The molecular weight excluding hydrogens is 351 g/mol. The van der Waals surface area contributed by atoms with E-state index in [2.05, 4.69) is 15.6 Å². The molecule has 1 saturated heterocycles. The fourth-order valence-corrected chi connectivity index (χ4v) is 3.36. The lowest BCUT2D eigenvalue weighted by Gasteiger charge is -2.24. The summed E-state index contributed by atoms with van der Waals surface area (Å²) in [6, 6.07) is 0. The fraction of sp³-hybridized carbons (Fsp3) is 0.714. The first-order valence-electron chi connectivity index (χ1n) is 7.23. The molecule has 2 rings (SSSR count). The molecule has 0 bridgehead atoms. The number of nitrogens with one attached hydrogen (secondary N) is 2. The van der Waals surface area contributed by atoms with E-state index in [0.29, 0.717) is 12.3 Å². The summed E-state index contributed by atoms with van der Waals surface area (Å²) >= 11 is 0.913. The van der Waals surface area contributed by atoms with E-state index < -0.39 is 17.4 Å². The van der Waals surface area contributed by atoms with Gasteiger partial charge in [0, 0.05) is 11.8 Å². The van der Waals surface area contributed by atoms with Gasteiger partial charge in [0.15, 0.2) is 5.69 Å². The van der Waals surface area contributed by atoms with Gasteiger partial charge in [-0.25, -0.2) is 4.98 Å². The first-order chi connectivity index (χ1) is 10.2. The normalized spacial score (nSPS) is 18.6. The number of hydrogen-bond donors (Lipinski definition) is 2. The minimum Gasteiger partial charge on any atom is -0.345 e. The smallest absolute Gasteiger partial charge is 0.345 e. The predicted molar refractivity (Wildman–Crippen MR) is 85.7 cm³/mol. The van der Waals surface area contributed by atoms with E-state index in [0.717, 1.165) is 42.6 Å².